The first-order valence-corrected chi connectivity index (χ1v) is 6.99. The molecule has 0 spiro atoms. The SMILES string of the molecule is Cc1cc(C)c(CC(=O)c2ncccc2Br)c(C)c1. The zero-order valence-electron chi connectivity index (χ0n) is 11.3. The van der Waals surface area contributed by atoms with E-state index in [1.165, 1.54) is 5.56 Å². The normalized spacial score (nSPS) is 10.5. The molecular weight excluding hydrogens is 302 g/mol. The van der Waals surface area contributed by atoms with Crippen LogP contribution in [0.25, 0.3) is 0 Å². The molecule has 0 radical (unpaired) electrons. The number of carbonyl (C=O) groups is 1. The molecule has 0 aliphatic carbocycles. The number of ketones is 1. The molecular formula is C16H16BrNO. The molecule has 0 atom stereocenters. The first kappa shape index (κ1) is 13.9. The largest absolute Gasteiger partial charge is 0.292 e. The summed E-state index contributed by atoms with van der Waals surface area (Å²) < 4.78 is 0.752. The van der Waals surface area contributed by atoms with Crippen LogP contribution in [0.4, 0.5) is 0 Å². The summed E-state index contributed by atoms with van der Waals surface area (Å²) >= 11 is 3.38. The Labute approximate surface area is 122 Å². The topological polar surface area (TPSA) is 30.0 Å². The van der Waals surface area contributed by atoms with Crippen molar-refractivity contribution in [3.05, 3.63) is 62.9 Å². The Morgan fingerprint density at radius 2 is 1.84 bits per heavy atom. The van der Waals surface area contributed by atoms with Crippen molar-refractivity contribution in [2.75, 3.05) is 0 Å². The Kier molecular flexibility index (Phi) is 4.15. The second kappa shape index (κ2) is 5.66. The van der Waals surface area contributed by atoms with Gasteiger partial charge in [-0.3, -0.25) is 9.78 Å². The third-order valence-electron chi connectivity index (χ3n) is 3.20. The molecule has 98 valence electrons. The van der Waals surface area contributed by atoms with Crippen molar-refractivity contribution in [1.29, 1.82) is 0 Å². The minimum absolute atomic E-state index is 0.0440. The molecule has 0 N–H and O–H groups in total. The van der Waals surface area contributed by atoms with Crippen molar-refractivity contribution in [2.45, 2.75) is 27.2 Å². The van der Waals surface area contributed by atoms with Gasteiger partial charge in [0.05, 0.1) is 0 Å². The molecule has 0 saturated carbocycles. The van der Waals surface area contributed by atoms with Crippen molar-refractivity contribution in [2.24, 2.45) is 0 Å². The van der Waals surface area contributed by atoms with E-state index < -0.39 is 0 Å². The van der Waals surface area contributed by atoms with E-state index in [4.69, 9.17) is 0 Å². The quantitative estimate of drug-likeness (QED) is 0.794. The van der Waals surface area contributed by atoms with E-state index in [0.29, 0.717) is 12.1 Å². The van der Waals surface area contributed by atoms with Crippen molar-refractivity contribution >= 4 is 21.7 Å². The lowest BCUT2D eigenvalue weighted by Crippen LogP contribution is -2.09. The number of Topliss-reactive ketones (excluding diaryl/α,β-unsaturated/α-hetero) is 1. The van der Waals surface area contributed by atoms with E-state index in [9.17, 15) is 4.79 Å². The van der Waals surface area contributed by atoms with Crippen LogP contribution in [0, 0.1) is 20.8 Å². The van der Waals surface area contributed by atoms with Crippen LogP contribution in [-0.4, -0.2) is 10.8 Å². The van der Waals surface area contributed by atoms with Crippen molar-refractivity contribution in [1.82, 2.24) is 4.98 Å². The van der Waals surface area contributed by atoms with E-state index >= 15 is 0 Å². The monoisotopic (exact) mass is 317 g/mol. The Hall–Kier alpha value is -1.48. The fourth-order valence-electron chi connectivity index (χ4n) is 2.32. The third-order valence-corrected chi connectivity index (χ3v) is 3.84. The van der Waals surface area contributed by atoms with Gasteiger partial charge in [0.1, 0.15) is 5.69 Å². The minimum atomic E-state index is 0.0440. The minimum Gasteiger partial charge on any atom is -0.292 e. The standard InChI is InChI=1S/C16H16BrNO/c1-10-7-11(2)13(12(3)8-10)9-15(19)16-14(17)5-4-6-18-16/h4-8H,9H2,1-3H3. The molecule has 0 aliphatic rings. The number of hydrogen-bond acceptors (Lipinski definition) is 2. The van der Waals surface area contributed by atoms with Crippen LogP contribution in [0.5, 0.6) is 0 Å². The highest BCUT2D eigenvalue weighted by molar-refractivity contribution is 9.10. The maximum Gasteiger partial charge on any atom is 0.186 e. The number of carbonyl (C=O) groups excluding carboxylic acids is 1. The maximum absolute atomic E-state index is 12.3. The predicted molar refractivity (Wildman–Crippen MR) is 80.6 cm³/mol. The highest BCUT2D eigenvalue weighted by atomic mass is 79.9. The van der Waals surface area contributed by atoms with Gasteiger partial charge >= 0.3 is 0 Å². The third kappa shape index (κ3) is 3.10. The van der Waals surface area contributed by atoms with Gasteiger partial charge in [-0.15, -0.1) is 0 Å². The van der Waals surface area contributed by atoms with Gasteiger partial charge in [-0.05, 0) is 65.5 Å². The lowest BCUT2D eigenvalue weighted by atomic mass is 9.95. The maximum atomic E-state index is 12.3. The molecule has 0 bridgehead atoms. The summed E-state index contributed by atoms with van der Waals surface area (Å²) in [6.07, 6.45) is 2.04. The van der Waals surface area contributed by atoms with Gasteiger partial charge in [0.15, 0.2) is 5.78 Å². The molecule has 3 heteroatoms. The van der Waals surface area contributed by atoms with Crippen molar-refractivity contribution in [3.63, 3.8) is 0 Å². The Morgan fingerprint density at radius 3 is 2.42 bits per heavy atom. The summed E-state index contributed by atoms with van der Waals surface area (Å²) in [6.45, 7) is 6.17. The van der Waals surface area contributed by atoms with Gasteiger partial charge in [-0.1, -0.05) is 17.7 Å². The van der Waals surface area contributed by atoms with Crippen LogP contribution in [0.2, 0.25) is 0 Å². The Morgan fingerprint density at radius 1 is 1.21 bits per heavy atom. The molecule has 1 heterocycles. The first-order chi connectivity index (χ1) is 8.99. The molecule has 0 unspecified atom stereocenters. The number of hydrogen-bond donors (Lipinski definition) is 0. The van der Waals surface area contributed by atoms with Gasteiger partial charge in [0, 0.05) is 17.1 Å². The number of benzene rings is 1. The Bertz CT molecular complexity index is 611. The zero-order chi connectivity index (χ0) is 14.0. The molecule has 0 aliphatic heterocycles. The number of nitrogens with zero attached hydrogens (tertiary/aromatic N) is 1. The molecule has 0 amide bonds. The van der Waals surface area contributed by atoms with Crippen molar-refractivity contribution in [3.8, 4) is 0 Å². The molecule has 2 nitrogen and oxygen atoms in total. The van der Waals surface area contributed by atoms with Gasteiger partial charge < -0.3 is 0 Å². The number of aromatic nitrogens is 1. The van der Waals surface area contributed by atoms with Gasteiger partial charge in [-0.2, -0.15) is 0 Å². The summed E-state index contributed by atoms with van der Waals surface area (Å²) in [7, 11) is 0. The lowest BCUT2D eigenvalue weighted by molar-refractivity contribution is 0.0987. The molecule has 1 aromatic carbocycles. The Balaban J connectivity index is 2.32. The van der Waals surface area contributed by atoms with Crippen LogP contribution in [0.15, 0.2) is 34.9 Å². The van der Waals surface area contributed by atoms with E-state index in [1.807, 2.05) is 12.1 Å². The van der Waals surface area contributed by atoms with E-state index in [-0.39, 0.29) is 5.78 Å². The van der Waals surface area contributed by atoms with Gasteiger partial charge in [0.2, 0.25) is 0 Å². The van der Waals surface area contributed by atoms with E-state index in [1.54, 1.807) is 6.20 Å². The van der Waals surface area contributed by atoms with Crippen molar-refractivity contribution < 1.29 is 4.79 Å². The van der Waals surface area contributed by atoms with Crippen LogP contribution in [0.1, 0.15) is 32.7 Å². The zero-order valence-corrected chi connectivity index (χ0v) is 12.9. The molecule has 2 aromatic rings. The highest BCUT2D eigenvalue weighted by Crippen LogP contribution is 2.20. The second-order valence-electron chi connectivity index (χ2n) is 4.81. The summed E-state index contributed by atoms with van der Waals surface area (Å²) in [6, 6.07) is 7.88. The number of pyridine rings is 1. The van der Waals surface area contributed by atoms with Gasteiger partial charge in [0.25, 0.3) is 0 Å². The van der Waals surface area contributed by atoms with Crippen LogP contribution in [-0.2, 0) is 6.42 Å². The van der Waals surface area contributed by atoms with Crippen LogP contribution >= 0.6 is 15.9 Å². The highest BCUT2D eigenvalue weighted by Gasteiger charge is 2.14. The molecule has 0 saturated heterocycles. The lowest BCUT2D eigenvalue weighted by Gasteiger charge is -2.11. The molecule has 1 aromatic heterocycles. The second-order valence-corrected chi connectivity index (χ2v) is 5.67. The summed E-state index contributed by atoms with van der Waals surface area (Å²) in [4.78, 5) is 16.5. The molecule has 0 fully saturated rings. The predicted octanol–water partition coefficient (Wildman–Crippen LogP) is 4.19. The fraction of sp³-hybridized carbons (Fsp3) is 0.250. The van der Waals surface area contributed by atoms with E-state index in [2.05, 4.69) is 53.8 Å². The van der Waals surface area contributed by atoms with Crippen LogP contribution < -0.4 is 0 Å². The summed E-state index contributed by atoms with van der Waals surface area (Å²) in [5.41, 5.74) is 5.16. The molecule has 19 heavy (non-hydrogen) atoms. The van der Waals surface area contributed by atoms with E-state index in [0.717, 1.165) is 21.2 Å². The number of halogens is 1. The smallest absolute Gasteiger partial charge is 0.186 e. The number of rotatable bonds is 3. The van der Waals surface area contributed by atoms with Gasteiger partial charge in [-0.25, -0.2) is 0 Å². The summed E-state index contributed by atoms with van der Waals surface area (Å²) in [5.74, 6) is 0.0440. The summed E-state index contributed by atoms with van der Waals surface area (Å²) in [5, 5.41) is 0. The first-order valence-electron chi connectivity index (χ1n) is 6.19. The average Bonchev–Trinajstić information content (AvgIpc) is 2.34. The fourth-order valence-corrected chi connectivity index (χ4v) is 2.80. The average molecular weight is 318 g/mol. The van der Waals surface area contributed by atoms with Crippen LogP contribution in [0.3, 0.4) is 0 Å². The number of aryl methyl sites for hydroxylation is 3. The molecule has 2 rings (SSSR count).